The van der Waals surface area contributed by atoms with Crippen molar-refractivity contribution in [2.45, 2.75) is 12.8 Å². The molecule has 1 aromatic rings. The molecule has 2 fully saturated rings. The number of nitrogens with one attached hydrogen (secondary N) is 1. The van der Waals surface area contributed by atoms with Crippen molar-refractivity contribution in [1.29, 1.82) is 0 Å². The Morgan fingerprint density at radius 3 is 2.58 bits per heavy atom. The Kier molecular flexibility index (Phi) is 5.87. The summed E-state index contributed by atoms with van der Waals surface area (Å²) in [6, 6.07) is 1.67. The van der Waals surface area contributed by atoms with Crippen LogP contribution in [0.1, 0.15) is 23.2 Å². The first kappa shape index (κ1) is 17.0. The zero-order chi connectivity index (χ0) is 16.8. The van der Waals surface area contributed by atoms with Gasteiger partial charge in [0.15, 0.2) is 0 Å². The molecule has 2 amide bonds. The third-order valence-corrected chi connectivity index (χ3v) is 4.75. The van der Waals surface area contributed by atoms with Gasteiger partial charge in [-0.3, -0.25) is 14.5 Å². The van der Waals surface area contributed by atoms with Gasteiger partial charge in [-0.1, -0.05) is 0 Å². The Balaban J connectivity index is 1.36. The summed E-state index contributed by atoms with van der Waals surface area (Å²) in [5.74, 6) is 0.0942. The second-order valence-electron chi connectivity index (χ2n) is 6.32. The van der Waals surface area contributed by atoms with Crippen molar-refractivity contribution in [2.75, 3.05) is 52.5 Å². The summed E-state index contributed by atoms with van der Waals surface area (Å²) in [6.45, 7) is 6.19. The number of piperidine rings is 1. The van der Waals surface area contributed by atoms with E-state index in [1.165, 1.54) is 12.5 Å². The molecule has 0 aromatic carbocycles. The van der Waals surface area contributed by atoms with Crippen molar-refractivity contribution >= 4 is 11.8 Å². The van der Waals surface area contributed by atoms with Gasteiger partial charge in [0.1, 0.15) is 6.26 Å². The van der Waals surface area contributed by atoms with Crippen LogP contribution in [-0.4, -0.2) is 74.1 Å². The fourth-order valence-corrected chi connectivity index (χ4v) is 3.22. The van der Waals surface area contributed by atoms with Gasteiger partial charge in [-0.05, 0) is 18.9 Å². The summed E-state index contributed by atoms with van der Waals surface area (Å²) in [5.41, 5.74) is 0.573. The maximum absolute atomic E-state index is 12.3. The van der Waals surface area contributed by atoms with E-state index in [0.29, 0.717) is 38.0 Å². The van der Waals surface area contributed by atoms with Crippen LogP contribution in [0.15, 0.2) is 23.0 Å². The predicted octanol–water partition coefficient (Wildman–Crippen LogP) is 0.580. The van der Waals surface area contributed by atoms with Crippen LogP contribution in [0.2, 0.25) is 0 Å². The molecule has 0 unspecified atom stereocenters. The predicted molar refractivity (Wildman–Crippen MR) is 87.6 cm³/mol. The number of hydrogen-bond acceptors (Lipinski definition) is 5. The third-order valence-electron chi connectivity index (χ3n) is 4.75. The van der Waals surface area contributed by atoms with E-state index in [4.69, 9.17) is 9.15 Å². The number of nitrogens with zero attached hydrogens (tertiary/aromatic N) is 2. The SMILES string of the molecule is O=C(NCCN1CCOCC1)C1CCN(C(=O)c2ccoc2)CC1. The third kappa shape index (κ3) is 4.36. The van der Waals surface area contributed by atoms with Gasteiger partial charge in [-0.15, -0.1) is 0 Å². The number of carbonyl (C=O) groups excluding carboxylic acids is 2. The zero-order valence-electron chi connectivity index (χ0n) is 13.9. The Bertz CT molecular complexity index is 532. The number of amides is 2. The first-order chi connectivity index (χ1) is 11.7. The molecule has 0 radical (unpaired) electrons. The molecule has 0 bridgehead atoms. The summed E-state index contributed by atoms with van der Waals surface area (Å²) < 4.78 is 10.3. The van der Waals surface area contributed by atoms with E-state index in [9.17, 15) is 9.59 Å². The van der Waals surface area contributed by atoms with Gasteiger partial charge in [0.2, 0.25) is 5.91 Å². The molecule has 7 heteroatoms. The van der Waals surface area contributed by atoms with Crippen LogP contribution in [-0.2, 0) is 9.53 Å². The smallest absolute Gasteiger partial charge is 0.257 e. The molecule has 2 aliphatic rings. The first-order valence-electron chi connectivity index (χ1n) is 8.63. The number of furan rings is 1. The highest BCUT2D eigenvalue weighted by atomic mass is 16.5. The van der Waals surface area contributed by atoms with E-state index in [1.54, 1.807) is 11.0 Å². The molecule has 1 N–H and O–H groups in total. The van der Waals surface area contributed by atoms with E-state index in [2.05, 4.69) is 10.2 Å². The van der Waals surface area contributed by atoms with E-state index in [1.807, 2.05) is 0 Å². The number of morpholine rings is 1. The van der Waals surface area contributed by atoms with Gasteiger partial charge < -0.3 is 19.4 Å². The average molecular weight is 335 g/mol. The largest absolute Gasteiger partial charge is 0.472 e. The fourth-order valence-electron chi connectivity index (χ4n) is 3.22. The lowest BCUT2D eigenvalue weighted by molar-refractivity contribution is -0.126. The van der Waals surface area contributed by atoms with Gasteiger partial charge >= 0.3 is 0 Å². The van der Waals surface area contributed by atoms with Crippen LogP contribution < -0.4 is 5.32 Å². The lowest BCUT2D eigenvalue weighted by atomic mass is 9.95. The number of hydrogen-bond donors (Lipinski definition) is 1. The minimum Gasteiger partial charge on any atom is -0.472 e. The molecular weight excluding hydrogens is 310 g/mol. The summed E-state index contributed by atoms with van der Waals surface area (Å²) >= 11 is 0. The van der Waals surface area contributed by atoms with Gasteiger partial charge in [0.25, 0.3) is 5.91 Å². The maximum Gasteiger partial charge on any atom is 0.257 e. The number of carbonyl (C=O) groups is 2. The fraction of sp³-hybridized carbons (Fsp3) is 0.647. The normalized spacial score (nSPS) is 20.1. The Morgan fingerprint density at radius 2 is 1.92 bits per heavy atom. The number of likely N-dealkylation sites (tertiary alicyclic amines) is 1. The summed E-state index contributed by atoms with van der Waals surface area (Å²) in [7, 11) is 0. The minimum atomic E-state index is -0.0186. The van der Waals surface area contributed by atoms with Crippen molar-refractivity contribution in [3.8, 4) is 0 Å². The molecule has 2 saturated heterocycles. The van der Waals surface area contributed by atoms with Gasteiger partial charge in [0, 0.05) is 45.2 Å². The van der Waals surface area contributed by atoms with Crippen molar-refractivity contribution < 1.29 is 18.7 Å². The van der Waals surface area contributed by atoms with Crippen LogP contribution in [0, 0.1) is 5.92 Å². The summed E-state index contributed by atoms with van der Waals surface area (Å²) in [5, 5.41) is 3.03. The number of ether oxygens (including phenoxy) is 1. The van der Waals surface area contributed by atoms with E-state index in [-0.39, 0.29) is 17.7 Å². The Hall–Kier alpha value is -1.86. The Labute approximate surface area is 141 Å². The molecular formula is C17H25N3O4. The van der Waals surface area contributed by atoms with Crippen LogP contribution in [0.3, 0.4) is 0 Å². The van der Waals surface area contributed by atoms with E-state index >= 15 is 0 Å². The zero-order valence-corrected chi connectivity index (χ0v) is 13.9. The molecule has 24 heavy (non-hydrogen) atoms. The molecule has 0 saturated carbocycles. The van der Waals surface area contributed by atoms with Crippen molar-refractivity contribution in [2.24, 2.45) is 5.92 Å². The molecule has 3 rings (SSSR count). The summed E-state index contributed by atoms with van der Waals surface area (Å²) in [4.78, 5) is 28.6. The highest BCUT2D eigenvalue weighted by Crippen LogP contribution is 2.19. The van der Waals surface area contributed by atoms with Crippen LogP contribution >= 0.6 is 0 Å². The quantitative estimate of drug-likeness (QED) is 0.852. The van der Waals surface area contributed by atoms with Crippen LogP contribution in [0.4, 0.5) is 0 Å². The highest BCUT2D eigenvalue weighted by Gasteiger charge is 2.28. The van der Waals surface area contributed by atoms with Crippen molar-refractivity contribution in [3.63, 3.8) is 0 Å². The molecule has 2 aliphatic heterocycles. The molecule has 1 aromatic heterocycles. The topological polar surface area (TPSA) is 75.0 Å². The molecule has 0 aliphatic carbocycles. The maximum atomic E-state index is 12.3. The molecule has 132 valence electrons. The number of rotatable bonds is 5. The standard InChI is InChI=1S/C17H25N3O4/c21-16(18-4-7-19-8-11-23-12-9-19)14-1-5-20(6-2-14)17(22)15-3-10-24-13-15/h3,10,13-14H,1-2,4-9,11-12H2,(H,18,21). The van der Waals surface area contributed by atoms with Gasteiger partial charge in [-0.2, -0.15) is 0 Å². The van der Waals surface area contributed by atoms with Gasteiger partial charge in [-0.25, -0.2) is 0 Å². The van der Waals surface area contributed by atoms with E-state index < -0.39 is 0 Å². The molecule has 0 spiro atoms. The second-order valence-corrected chi connectivity index (χ2v) is 6.32. The summed E-state index contributed by atoms with van der Waals surface area (Å²) in [6.07, 6.45) is 4.40. The van der Waals surface area contributed by atoms with Crippen molar-refractivity contribution in [1.82, 2.24) is 15.1 Å². The lowest BCUT2D eigenvalue weighted by Crippen LogP contribution is -2.45. The molecule has 3 heterocycles. The van der Waals surface area contributed by atoms with Gasteiger partial charge in [0.05, 0.1) is 25.0 Å². The molecule has 7 nitrogen and oxygen atoms in total. The van der Waals surface area contributed by atoms with Crippen molar-refractivity contribution in [3.05, 3.63) is 24.2 Å². The van der Waals surface area contributed by atoms with Crippen LogP contribution in [0.25, 0.3) is 0 Å². The first-order valence-corrected chi connectivity index (χ1v) is 8.63. The highest BCUT2D eigenvalue weighted by molar-refractivity contribution is 5.94. The molecule has 0 atom stereocenters. The Morgan fingerprint density at radius 1 is 1.17 bits per heavy atom. The van der Waals surface area contributed by atoms with E-state index in [0.717, 1.165) is 32.8 Å². The average Bonchev–Trinajstić information content (AvgIpc) is 3.17. The minimum absolute atomic E-state index is 0.00286. The monoisotopic (exact) mass is 335 g/mol. The second kappa shape index (κ2) is 8.30. The van der Waals surface area contributed by atoms with Crippen LogP contribution in [0.5, 0.6) is 0 Å². The lowest BCUT2D eigenvalue weighted by Gasteiger charge is -2.31.